The van der Waals surface area contributed by atoms with Crippen LogP contribution in [0.2, 0.25) is 0 Å². The normalized spacial score (nSPS) is 16.2. The molecule has 0 spiro atoms. The van der Waals surface area contributed by atoms with Gasteiger partial charge in [-0.15, -0.1) is 0 Å². The number of aliphatic imine (C=N–C) groups is 1. The van der Waals surface area contributed by atoms with Crippen LogP contribution in [-0.4, -0.2) is 17.8 Å². The van der Waals surface area contributed by atoms with Crippen LogP contribution in [0.5, 0.6) is 0 Å². The Kier molecular flexibility index (Phi) is 2.58. The van der Waals surface area contributed by atoms with Crippen molar-refractivity contribution in [3.05, 3.63) is 29.8 Å². The van der Waals surface area contributed by atoms with Crippen molar-refractivity contribution in [3.63, 3.8) is 0 Å². The second-order valence-corrected chi connectivity index (χ2v) is 3.26. The predicted octanol–water partition coefficient (Wildman–Crippen LogP) is 1.63. The maximum Gasteiger partial charge on any atom is 0.236 e. The van der Waals surface area contributed by atoms with Crippen LogP contribution in [0.4, 0.5) is 5.69 Å². The quantitative estimate of drug-likeness (QED) is 0.690. The van der Waals surface area contributed by atoms with Crippen LogP contribution in [-0.2, 0) is 4.79 Å². The van der Waals surface area contributed by atoms with E-state index >= 15 is 0 Å². The van der Waals surface area contributed by atoms with Gasteiger partial charge in [-0.05, 0) is 6.07 Å². The minimum Gasteiger partial charge on any atom is -0.274 e. The molecule has 1 aliphatic heterocycles. The summed E-state index contributed by atoms with van der Waals surface area (Å²) in [5.74, 6) is -0.164. The monoisotopic (exact) mass is 201 g/mol. The predicted molar refractivity (Wildman–Crippen MR) is 59.6 cm³/mol. The first kappa shape index (κ1) is 9.58. The van der Waals surface area contributed by atoms with Crippen LogP contribution in [0.1, 0.15) is 18.9 Å². The number of nitrogens with one attached hydrogen (secondary N) is 1. The van der Waals surface area contributed by atoms with E-state index in [1.807, 2.05) is 24.3 Å². The van der Waals surface area contributed by atoms with E-state index in [9.17, 15) is 4.79 Å². The van der Waals surface area contributed by atoms with E-state index in [1.54, 1.807) is 6.21 Å². The van der Waals surface area contributed by atoms with E-state index in [0.717, 1.165) is 17.0 Å². The Labute approximate surface area is 87.7 Å². The highest BCUT2D eigenvalue weighted by atomic mass is 16.2. The molecular formula is C11H11N3O. The van der Waals surface area contributed by atoms with Crippen molar-refractivity contribution in [1.82, 2.24) is 5.43 Å². The number of hydrogen-bond donors (Lipinski definition) is 1. The first-order valence-electron chi connectivity index (χ1n) is 4.72. The van der Waals surface area contributed by atoms with E-state index in [-0.39, 0.29) is 5.91 Å². The SMILES string of the molecule is CC(=O)NN=C1CC=Nc2ccccc21. The maximum absolute atomic E-state index is 10.7. The number of rotatable bonds is 1. The van der Waals surface area contributed by atoms with Gasteiger partial charge in [0.2, 0.25) is 5.91 Å². The summed E-state index contributed by atoms with van der Waals surface area (Å²) in [4.78, 5) is 15.0. The van der Waals surface area contributed by atoms with Crippen molar-refractivity contribution in [3.8, 4) is 0 Å². The molecule has 0 bridgehead atoms. The third-order valence-electron chi connectivity index (χ3n) is 2.08. The van der Waals surface area contributed by atoms with Crippen molar-refractivity contribution in [2.45, 2.75) is 13.3 Å². The molecule has 2 rings (SSSR count). The smallest absolute Gasteiger partial charge is 0.236 e. The van der Waals surface area contributed by atoms with Crippen molar-refractivity contribution in [2.24, 2.45) is 10.1 Å². The second-order valence-electron chi connectivity index (χ2n) is 3.26. The summed E-state index contributed by atoms with van der Waals surface area (Å²) in [7, 11) is 0. The van der Waals surface area contributed by atoms with Gasteiger partial charge in [0.15, 0.2) is 0 Å². The van der Waals surface area contributed by atoms with Crippen LogP contribution in [0.3, 0.4) is 0 Å². The first-order chi connectivity index (χ1) is 7.27. The molecular weight excluding hydrogens is 190 g/mol. The molecule has 1 amide bonds. The highest BCUT2D eigenvalue weighted by molar-refractivity contribution is 6.13. The largest absolute Gasteiger partial charge is 0.274 e. The lowest BCUT2D eigenvalue weighted by molar-refractivity contribution is -0.118. The number of benzene rings is 1. The minimum atomic E-state index is -0.164. The Morgan fingerprint density at radius 3 is 3.07 bits per heavy atom. The summed E-state index contributed by atoms with van der Waals surface area (Å²) in [6, 6.07) is 7.74. The van der Waals surface area contributed by atoms with E-state index in [1.165, 1.54) is 6.92 Å². The van der Waals surface area contributed by atoms with Crippen LogP contribution in [0.15, 0.2) is 34.4 Å². The Morgan fingerprint density at radius 2 is 2.27 bits per heavy atom. The van der Waals surface area contributed by atoms with Crippen LogP contribution in [0, 0.1) is 0 Å². The van der Waals surface area contributed by atoms with Gasteiger partial charge < -0.3 is 0 Å². The summed E-state index contributed by atoms with van der Waals surface area (Å²) < 4.78 is 0. The van der Waals surface area contributed by atoms with E-state index < -0.39 is 0 Å². The van der Waals surface area contributed by atoms with Gasteiger partial charge in [0.1, 0.15) is 0 Å². The molecule has 1 heterocycles. The van der Waals surface area contributed by atoms with E-state index in [0.29, 0.717) is 6.42 Å². The lowest BCUT2D eigenvalue weighted by Crippen LogP contribution is -2.17. The molecule has 1 aliphatic rings. The van der Waals surface area contributed by atoms with Gasteiger partial charge in [0, 0.05) is 25.1 Å². The Balaban J connectivity index is 2.34. The molecule has 0 unspecified atom stereocenters. The summed E-state index contributed by atoms with van der Waals surface area (Å²) >= 11 is 0. The highest BCUT2D eigenvalue weighted by Gasteiger charge is 2.11. The van der Waals surface area contributed by atoms with E-state index in [2.05, 4.69) is 15.5 Å². The fourth-order valence-corrected chi connectivity index (χ4v) is 1.42. The Bertz CT molecular complexity index is 449. The number of carbonyl (C=O) groups is 1. The molecule has 0 radical (unpaired) electrons. The second kappa shape index (κ2) is 4.04. The molecule has 1 aromatic carbocycles. The summed E-state index contributed by atoms with van der Waals surface area (Å²) in [6.45, 7) is 1.44. The third-order valence-corrected chi connectivity index (χ3v) is 2.08. The van der Waals surface area contributed by atoms with Crippen molar-refractivity contribution in [1.29, 1.82) is 0 Å². The molecule has 1 aromatic rings. The number of hydrazone groups is 1. The fraction of sp³-hybridized carbons (Fsp3) is 0.182. The summed E-state index contributed by atoms with van der Waals surface area (Å²) in [5, 5.41) is 4.05. The van der Waals surface area contributed by atoms with Crippen LogP contribution >= 0.6 is 0 Å². The summed E-state index contributed by atoms with van der Waals surface area (Å²) in [5.41, 5.74) is 5.16. The lowest BCUT2D eigenvalue weighted by atomic mass is 10.0. The van der Waals surface area contributed by atoms with Gasteiger partial charge in [-0.3, -0.25) is 9.79 Å². The number of hydrogen-bond acceptors (Lipinski definition) is 3. The number of carbonyl (C=O) groups excluding carboxylic acids is 1. The molecule has 0 saturated carbocycles. The van der Waals surface area contributed by atoms with Gasteiger partial charge in [0.05, 0.1) is 11.4 Å². The van der Waals surface area contributed by atoms with Crippen LogP contribution < -0.4 is 5.43 Å². The lowest BCUT2D eigenvalue weighted by Gasteiger charge is -2.11. The number of fused-ring (bicyclic) bond motifs is 1. The zero-order valence-electron chi connectivity index (χ0n) is 8.40. The van der Waals surface area contributed by atoms with Crippen LogP contribution in [0.25, 0.3) is 0 Å². The molecule has 0 atom stereocenters. The van der Waals surface area contributed by atoms with Gasteiger partial charge in [-0.2, -0.15) is 5.10 Å². The zero-order valence-corrected chi connectivity index (χ0v) is 8.40. The Hall–Kier alpha value is -1.97. The third kappa shape index (κ3) is 2.10. The molecule has 4 heteroatoms. The topological polar surface area (TPSA) is 53.8 Å². The van der Waals surface area contributed by atoms with Crippen molar-refractivity contribution < 1.29 is 4.79 Å². The number of para-hydroxylation sites is 1. The maximum atomic E-state index is 10.7. The van der Waals surface area contributed by atoms with Gasteiger partial charge in [-0.25, -0.2) is 5.43 Å². The van der Waals surface area contributed by atoms with Crippen molar-refractivity contribution >= 4 is 23.5 Å². The average molecular weight is 201 g/mol. The minimum absolute atomic E-state index is 0.164. The van der Waals surface area contributed by atoms with Crippen molar-refractivity contribution in [2.75, 3.05) is 0 Å². The summed E-state index contributed by atoms with van der Waals surface area (Å²) in [6.07, 6.45) is 2.44. The molecule has 4 nitrogen and oxygen atoms in total. The zero-order chi connectivity index (χ0) is 10.7. The highest BCUT2D eigenvalue weighted by Crippen LogP contribution is 2.23. The van der Waals surface area contributed by atoms with Gasteiger partial charge >= 0.3 is 0 Å². The fourth-order valence-electron chi connectivity index (χ4n) is 1.42. The number of nitrogens with zero attached hydrogens (tertiary/aromatic N) is 2. The van der Waals surface area contributed by atoms with Gasteiger partial charge in [-0.1, -0.05) is 18.2 Å². The first-order valence-corrected chi connectivity index (χ1v) is 4.72. The van der Waals surface area contributed by atoms with E-state index in [4.69, 9.17) is 0 Å². The number of amides is 1. The molecule has 0 fully saturated rings. The standard InChI is InChI=1S/C11H11N3O/c1-8(15)13-14-11-6-7-12-10-5-3-2-4-9(10)11/h2-5,7H,6H2,1H3,(H,13,15). The molecule has 15 heavy (non-hydrogen) atoms. The Morgan fingerprint density at radius 1 is 1.47 bits per heavy atom. The van der Waals surface area contributed by atoms with Gasteiger partial charge in [0.25, 0.3) is 0 Å². The molecule has 0 saturated heterocycles. The molecule has 0 aliphatic carbocycles. The molecule has 0 aromatic heterocycles. The molecule has 1 N–H and O–H groups in total. The average Bonchev–Trinajstić information content (AvgIpc) is 2.26. The molecule has 76 valence electrons.